The maximum Gasteiger partial charge on any atom is 0.312 e. The number of aliphatic hydroxyl groups is 1. The standard InChI is InChI=1S/C8H7N3O3/c12-5-6-4-9-8-7(11(13)14)2-1-3-10(6)8/h1-4,12H,5H2. The Morgan fingerprint density at radius 1 is 1.64 bits per heavy atom. The Morgan fingerprint density at radius 2 is 2.43 bits per heavy atom. The third-order valence-electron chi connectivity index (χ3n) is 1.95. The predicted molar refractivity (Wildman–Crippen MR) is 47.8 cm³/mol. The van der Waals surface area contributed by atoms with Crippen LogP contribution >= 0.6 is 0 Å². The van der Waals surface area contributed by atoms with E-state index in [1.54, 1.807) is 12.3 Å². The van der Waals surface area contributed by atoms with Crippen LogP contribution in [0.5, 0.6) is 0 Å². The number of rotatable bonds is 2. The fraction of sp³-hybridized carbons (Fsp3) is 0.125. The number of hydrogen-bond acceptors (Lipinski definition) is 4. The Balaban J connectivity index is 2.76. The van der Waals surface area contributed by atoms with Crippen molar-refractivity contribution in [1.82, 2.24) is 9.38 Å². The summed E-state index contributed by atoms with van der Waals surface area (Å²) < 4.78 is 1.50. The zero-order valence-corrected chi connectivity index (χ0v) is 7.12. The van der Waals surface area contributed by atoms with Crippen molar-refractivity contribution in [3.05, 3.63) is 40.3 Å². The van der Waals surface area contributed by atoms with Crippen molar-refractivity contribution in [2.75, 3.05) is 0 Å². The Morgan fingerprint density at radius 3 is 3.07 bits per heavy atom. The monoisotopic (exact) mass is 193 g/mol. The van der Waals surface area contributed by atoms with Crippen LogP contribution in [0.4, 0.5) is 5.69 Å². The van der Waals surface area contributed by atoms with Crippen LogP contribution in [0.3, 0.4) is 0 Å². The van der Waals surface area contributed by atoms with Crippen molar-refractivity contribution in [1.29, 1.82) is 0 Å². The van der Waals surface area contributed by atoms with Gasteiger partial charge in [-0.3, -0.25) is 14.5 Å². The number of aliphatic hydroxyl groups excluding tert-OH is 1. The van der Waals surface area contributed by atoms with Crippen LogP contribution in [0, 0.1) is 10.1 Å². The zero-order valence-electron chi connectivity index (χ0n) is 7.12. The van der Waals surface area contributed by atoms with Gasteiger partial charge in [0, 0.05) is 12.3 Å². The highest BCUT2D eigenvalue weighted by Gasteiger charge is 2.14. The maximum atomic E-state index is 10.6. The molecule has 0 aromatic carbocycles. The molecule has 2 aromatic rings. The lowest BCUT2D eigenvalue weighted by Crippen LogP contribution is -1.95. The number of hydrogen-bond donors (Lipinski definition) is 1. The van der Waals surface area contributed by atoms with Crippen molar-refractivity contribution in [2.45, 2.75) is 6.61 Å². The molecule has 14 heavy (non-hydrogen) atoms. The molecule has 0 aliphatic heterocycles. The third kappa shape index (κ3) is 1.12. The van der Waals surface area contributed by atoms with Gasteiger partial charge in [0.25, 0.3) is 0 Å². The van der Waals surface area contributed by atoms with E-state index in [2.05, 4.69) is 4.98 Å². The summed E-state index contributed by atoms with van der Waals surface area (Å²) in [7, 11) is 0. The van der Waals surface area contributed by atoms with Gasteiger partial charge in [-0.2, -0.15) is 0 Å². The van der Waals surface area contributed by atoms with E-state index in [1.165, 1.54) is 16.7 Å². The summed E-state index contributed by atoms with van der Waals surface area (Å²) in [6.07, 6.45) is 3.04. The summed E-state index contributed by atoms with van der Waals surface area (Å²) in [4.78, 5) is 14.0. The molecule has 0 aliphatic carbocycles. The second kappa shape index (κ2) is 3.08. The van der Waals surface area contributed by atoms with E-state index in [-0.39, 0.29) is 17.9 Å². The molecule has 0 saturated heterocycles. The Bertz CT molecular complexity index is 492. The molecule has 2 aromatic heterocycles. The fourth-order valence-corrected chi connectivity index (χ4v) is 1.31. The van der Waals surface area contributed by atoms with E-state index < -0.39 is 4.92 Å². The molecule has 0 bridgehead atoms. The Kier molecular flexibility index (Phi) is 1.90. The number of fused-ring (bicyclic) bond motifs is 1. The van der Waals surface area contributed by atoms with Gasteiger partial charge in [-0.05, 0) is 6.07 Å². The molecule has 0 radical (unpaired) electrons. The van der Waals surface area contributed by atoms with Crippen LogP contribution < -0.4 is 0 Å². The van der Waals surface area contributed by atoms with E-state index in [4.69, 9.17) is 5.11 Å². The first kappa shape index (κ1) is 8.64. The first-order valence-corrected chi connectivity index (χ1v) is 3.94. The van der Waals surface area contributed by atoms with Crippen molar-refractivity contribution in [2.24, 2.45) is 0 Å². The molecule has 2 rings (SSSR count). The minimum Gasteiger partial charge on any atom is -0.390 e. The van der Waals surface area contributed by atoms with Gasteiger partial charge in [-0.25, -0.2) is 4.98 Å². The molecule has 0 aliphatic rings. The maximum absolute atomic E-state index is 10.6. The van der Waals surface area contributed by atoms with Gasteiger partial charge in [0.15, 0.2) is 0 Å². The van der Waals surface area contributed by atoms with E-state index in [0.717, 1.165) is 0 Å². The van der Waals surface area contributed by atoms with Crippen LogP contribution in [0.2, 0.25) is 0 Å². The average molecular weight is 193 g/mol. The van der Waals surface area contributed by atoms with Gasteiger partial charge in [0.05, 0.1) is 23.4 Å². The molecule has 0 fully saturated rings. The molecule has 2 heterocycles. The van der Waals surface area contributed by atoms with E-state index in [9.17, 15) is 10.1 Å². The number of imidazole rings is 1. The first-order valence-electron chi connectivity index (χ1n) is 3.94. The molecule has 6 nitrogen and oxygen atoms in total. The highest BCUT2D eigenvalue weighted by Crippen LogP contribution is 2.18. The molecule has 0 spiro atoms. The van der Waals surface area contributed by atoms with E-state index >= 15 is 0 Å². The largest absolute Gasteiger partial charge is 0.390 e. The molecule has 0 atom stereocenters. The minimum atomic E-state index is -0.497. The second-order valence-electron chi connectivity index (χ2n) is 2.75. The van der Waals surface area contributed by atoms with Crippen LogP contribution in [0.15, 0.2) is 24.5 Å². The zero-order chi connectivity index (χ0) is 10.1. The molecule has 1 N–H and O–H groups in total. The summed E-state index contributed by atoms with van der Waals surface area (Å²) in [6, 6.07) is 2.93. The van der Waals surface area contributed by atoms with E-state index in [1.807, 2.05) is 0 Å². The topological polar surface area (TPSA) is 80.7 Å². The average Bonchev–Trinajstić information content (AvgIpc) is 2.59. The summed E-state index contributed by atoms with van der Waals surface area (Å²) >= 11 is 0. The lowest BCUT2D eigenvalue weighted by atomic mass is 10.4. The predicted octanol–water partition coefficient (Wildman–Crippen LogP) is 0.735. The lowest BCUT2D eigenvalue weighted by molar-refractivity contribution is -0.383. The van der Waals surface area contributed by atoms with Crippen molar-refractivity contribution in [3.63, 3.8) is 0 Å². The molecule has 0 amide bonds. The Labute approximate surface area is 78.6 Å². The number of nitro groups is 1. The summed E-state index contributed by atoms with van der Waals surface area (Å²) in [5, 5.41) is 19.5. The SMILES string of the molecule is O=[N+]([O-])c1cccn2c(CO)cnc12. The van der Waals surface area contributed by atoms with Crippen LogP contribution in [0.25, 0.3) is 5.65 Å². The van der Waals surface area contributed by atoms with Crippen molar-refractivity contribution < 1.29 is 10.0 Å². The normalized spacial score (nSPS) is 10.6. The highest BCUT2D eigenvalue weighted by atomic mass is 16.6. The van der Waals surface area contributed by atoms with Gasteiger partial charge in [-0.1, -0.05) is 0 Å². The minimum absolute atomic E-state index is 0.0628. The van der Waals surface area contributed by atoms with Crippen LogP contribution in [0.1, 0.15) is 5.69 Å². The summed E-state index contributed by atoms with van der Waals surface area (Å²) in [6.45, 7) is -0.192. The smallest absolute Gasteiger partial charge is 0.312 e. The molecular weight excluding hydrogens is 186 g/mol. The van der Waals surface area contributed by atoms with Gasteiger partial charge < -0.3 is 5.11 Å². The lowest BCUT2D eigenvalue weighted by Gasteiger charge is -1.97. The highest BCUT2D eigenvalue weighted by molar-refractivity contribution is 5.59. The summed E-state index contributed by atoms with van der Waals surface area (Å²) in [5.74, 6) is 0. The number of aromatic nitrogens is 2. The molecule has 0 saturated carbocycles. The van der Waals surface area contributed by atoms with Crippen molar-refractivity contribution >= 4 is 11.3 Å². The molecule has 0 unspecified atom stereocenters. The fourth-order valence-electron chi connectivity index (χ4n) is 1.31. The van der Waals surface area contributed by atoms with Gasteiger partial charge in [0.1, 0.15) is 0 Å². The van der Waals surface area contributed by atoms with Crippen LogP contribution in [-0.4, -0.2) is 19.4 Å². The van der Waals surface area contributed by atoms with Crippen molar-refractivity contribution in [3.8, 4) is 0 Å². The molecular formula is C8H7N3O3. The van der Waals surface area contributed by atoms with Crippen LogP contribution in [-0.2, 0) is 6.61 Å². The first-order chi connectivity index (χ1) is 6.74. The third-order valence-corrected chi connectivity index (χ3v) is 1.95. The molecule has 6 heteroatoms. The number of nitrogens with zero attached hydrogens (tertiary/aromatic N) is 3. The molecule has 72 valence electrons. The van der Waals surface area contributed by atoms with Gasteiger partial charge in [0.2, 0.25) is 5.65 Å². The summed E-state index contributed by atoms with van der Waals surface area (Å²) in [5.41, 5.74) is 0.720. The van der Waals surface area contributed by atoms with E-state index in [0.29, 0.717) is 5.69 Å². The number of pyridine rings is 1. The quantitative estimate of drug-likeness (QED) is 0.563. The second-order valence-corrected chi connectivity index (χ2v) is 2.75. The van der Waals surface area contributed by atoms with Gasteiger partial charge >= 0.3 is 5.69 Å². The van der Waals surface area contributed by atoms with Gasteiger partial charge in [-0.15, -0.1) is 0 Å². The Hall–Kier alpha value is -1.95.